The van der Waals surface area contributed by atoms with Gasteiger partial charge in [0.15, 0.2) is 17.0 Å². The molecule has 1 saturated heterocycles. The van der Waals surface area contributed by atoms with E-state index in [9.17, 15) is 19.1 Å². The third-order valence-corrected chi connectivity index (χ3v) is 5.80. The molecule has 1 fully saturated rings. The van der Waals surface area contributed by atoms with E-state index in [-0.39, 0.29) is 28.4 Å². The molecule has 0 radical (unpaired) electrons. The number of rotatable bonds is 3. The fourth-order valence-electron chi connectivity index (χ4n) is 2.36. The van der Waals surface area contributed by atoms with Crippen molar-refractivity contribution in [1.82, 2.24) is 19.5 Å². The molecule has 0 spiro atoms. The molecule has 3 heterocycles. The highest BCUT2D eigenvalue weighted by atomic mass is 127. The number of alkyl halides is 1. The topological polar surface area (TPSA) is 156 Å². The number of hydrogen-bond acceptors (Lipinski definition) is 6. The maximum absolute atomic E-state index is 11.7. The Morgan fingerprint density at radius 3 is 2.95 bits per heavy atom. The Kier molecular flexibility index (Phi) is 4.01. The number of imidazole rings is 1. The summed E-state index contributed by atoms with van der Waals surface area (Å²) in [5, 5.41) is 0. The molecule has 22 heavy (non-hydrogen) atoms. The maximum Gasteiger partial charge on any atom is 0.354 e. The van der Waals surface area contributed by atoms with Gasteiger partial charge in [-0.25, -0.2) is 4.98 Å². The molecule has 0 saturated carbocycles. The summed E-state index contributed by atoms with van der Waals surface area (Å²) in [6.07, 6.45) is 1.28. The van der Waals surface area contributed by atoms with Gasteiger partial charge in [-0.2, -0.15) is 4.98 Å². The zero-order valence-electron chi connectivity index (χ0n) is 11.1. The molecule has 2 aromatic rings. The molecule has 3 atom stereocenters. The van der Waals surface area contributed by atoms with E-state index in [1.165, 1.54) is 6.33 Å². The Labute approximate surface area is 137 Å². The second kappa shape index (κ2) is 5.57. The number of ether oxygens (including phenoxy) is 1. The van der Waals surface area contributed by atoms with Gasteiger partial charge in [0.25, 0.3) is 5.56 Å². The number of aromatic nitrogens is 4. The molecule has 1 aliphatic heterocycles. The summed E-state index contributed by atoms with van der Waals surface area (Å²) in [5.41, 5.74) is 5.56. The molecular weight excluding hydrogens is 428 g/mol. The summed E-state index contributed by atoms with van der Waals surface area (Å²) < 4.78 is 18.3. The van der Waals surface area contributed by atoms with Gasteiger partial charge in [0.2, 0.25) is 5.95 Å². The van der Waals surface area contributed by atoms with Crippen LogP contribution in [0.2, 0.25) is 0 Å². The summed E-state index contributed by atoms with van der Waals surface area (Å²) in [7, 11) is -4.28. The van der Waals surface area contributed by atoms with Crippen molar-refractivity contribution >= 4 is 47.3 Å². The van der Waals surface area contributed by atoms with Crippen molar-refractivity contribution in [3.63, 3.8) is 0 Å². The molecule has 3 rings (SSSR count). The van der Waals surface area contributed by atoms with Crippen molar-refractivity contribution < 1.29 is 19.1 Å². The molecule has 5 N–H and O–H groups in total. The first-order chi connectivity index (χ1) is 10.3. The second-order valence-corrected chi connectivity index (χ2v) is 8.34. The number of nitrogens with zero attached hydrogens (tertiary/aromatic N) is 3. The van der Waals surface area contributed by atoms with Crippen molar-refractivity contribution in [1.29, 1.82) is 0 Å². The fourth-order valence-corrected chi connectivity index (χ4v) is 4.44. The third kappa shape index (κ3) is 2.91. The largest absolute Gasteiger partial charge is 0.369 e. The number of nitrogen functional groups attached to an aromatic ring is 1. The molecule has 10 nitrogen and oxygen atoms in total. The predicted octanol–water partition coefficient (Wildman–Crippen LogP) is -0.202. The lowest BCUT2D eigenvalue weighted by Gasteiger charge is -2.16. The van der Waals surface area contributed by atoms with E-state index in [1.54, 1.807) is 4.57 Å². The highest BCUT2D eigenvalue weighted by Crippen LogP contribution is 2.49. The quantitative estimate of drug-likeness (QED) is 0.290. The summed E-state index contributed by atoms with van der Waals surface area (Å²) in [5.74, 6) is -1.12. The molecule has 0 aromatic carbocycles. The van der Waals surface area contributed by atoms with Gasteiger partial charge in [-0.1, -0.05) is 22.6 Å². The third-order valence-electron chi connectivity index (χ3n) is 3.41. The fraction of sp³-hybridized carbons (Fsp3) is 0.500. The maximum atomic E-state index is 11.7. The van der Waals surface area contributed by atoms with Crippen LogP contribution in [0.5, 0.6) is 0 Å². The van der Waals surface area contributed by atoms with E-state index in [0.717, 1.165) is 0 Å². The van der Waals surface area contributed by atoms with E-state index in [0.29, 0.717) is 5.65 Å². The van der Waals surface area contributed by atoms with Crippen molar-refractivity contribution in [3.05, 3.63) is 16.7 Å². The minimum atomic E-state index is -4.28. The van der Waals surface area contributed by atoms with E-state index >= 15 is 0 Å². The van der Waals surface area contributed by atoms with Crippen LogP contribution in [0.4, 0.5) is 5.95 Å². The Balaban J connectivity index is 1.88. The van der Waals surface area contributed by atoms with Crippen LogP contribution >= 0.6 is 30.2 Å². The Bertz CT molecular complexity index is 816. The highest BCUT2D eigenvalue weighted by Gasteiger charge is 2.42. The first-order valence-electron chi connectivity index (χ1n) is 6.31. The van der Waals surface area contributed by atoms with E-state index < -0.39 is 25.1 Å². The summed E-state index contributed by atoms with van der Waals surface area (Å²) in [4.78, 5) is 40.5. The molecule has 0 unspecified atom stereocenters. The van der Waals surface area contributed by atoms with Crippen molar-refractivity contribution in [2.45, 2.75) is 28.8 Å². The Morgan fingerprint density at radius 2 is 2.32 bits per heavy atom. The van der Waals surface area contributed by atoms with Gasteiger partial charge in [0, 0.05) is 3.92 Å². The van der Waals surface area contributed by atoms with Crippen LogP contribution in [0.15, 0.2) is 11.1 Å². The number of aromatic amines is 1. The second-order valence-electron chi connectivity index (χ2n) is 4.99. The van der Waals surface area contributed by atoms with Gasteiger partial charge in [-0.05, 0) is 6.42 Å². The predicted molar refractivity (Wildman–Crippen MR) is 85.7 cm³/mol. The monoisotopic (exact) mass is 441 g/mol. The molecule has 1 aliphatic rings. The standard InChI is InChI=1S/C10H13IN5O5P/c11-4-1-6(22(18,19)20)21-5(4)2-16-3-13-7-8(16)14-10(12)15-9(7)17/h3-6H,1-2H2,(H2,18,19,20)(H3,12,14,15,17)/t4-,5+,6-/m0/s1. The van der Waals surface area contributed by atoms with Crippen molar-refractivity contribution in [3.8, 4) is 0 Å². The van der Waals surface area contributed by atoms with Crippen LogP contribution in [0.3, 0.4) is 0 Å². The van der Waals surface area contributed by atoms with Gasteiger partial charge in [0.05, 0.1) is 19.0 Å². The molecular formula is C10H13IN5O5P. The summed E-state index contributed by atoms with van der Waals surface area (Å²) >= 11 is 2.10. The molecule has 0 aliphatic carbocycles. The number of H-pyrrole nitrogens is 1. The van der Waals surface area contributed by atoms with Crippen LogP contribution in [-0.2, 0) is 15.8 Å². The van der Waals surface area contributed by atoms with Crippen LogP contribution in [0.1, 0.15) is 6.42 Å². The number of hydrogen-bond donors (Lipinski definition) is 4. The minimum absolute atomic E-state index is 0.0225. The lowest BCUT2D eigenvalue weighted by molar-refractivity contribution is 0.0646. The van der Waals surface area contributed by atoms with E-state index in [4.69, 9.17) is 10.5 Å². The van der Waals surface area contributed by atoms with Crippen LogP contribution < -0.4 is 11.3 Å². The van der Waals surface area contributed by atoms with Crippen molar-refractivity contribution in [2.75, 3.05) is 5.73 Å². The lowest BCUT2D eigenvalue weighted by atomic mass is 10.2. The van der Waals surface area contributed by atoms with Crippen LogP contribution in [0, 0.1) is 0 Å². The smallest absolute Gasteiger partial charge is 0.354 e. The van der Waals surface area contributed by atoms with E-state index in [2.05, 4.69) is 37.5 Å². The average Bonchev–Trinajstić information content (AvgIpc) is 2.95. The van der Waals surface area contributed by atoms with Crippen LogP contribution in [-0.4, -0.2) is 45.2 Å². The average molecular weight is 441 g/mol. The first kappa shape index (κ1) is 15.9. The first-order valence-corrected chi connectivity index (χ1v) is 9.24. The van der Waals surface area contributed by atoms with Gasteiger partial charge in [-0.15, -0.1) is 0 Å². The zero-order chi connectivity index (χ0) is 16.1. The van der Waals surface area contributed by atoms with Gasteiger partial charge in [-0.3, -0.25) is 14.3 Å². The number of anilines is 1. The molecule has 0 amide bonds. The lowest BCUT2D eigenvalue weighted by Crippen LogP contribution is -2.23. The minimum Gasteiger partial charge on any atom is -0.369 e. The number of nitrogens with two attached hydrogens (primary N) is 1. The van der Waals surface area contributed by atoms with Gasteiger partial charge >= 0.3 is 7.60 Å². The van der Waals surface area contributed by atoms with Crippen LogP contribution in [0.25, 0.3) is 11.2 Å². The zero-order valence-corrected chi connectivity index (χ0v) is 14.1. The van der Waals surface area contributed by atoms with Crippen molar-refractivity contribution in [2.24, 2.45) is 0 Å². The molecule has 2 aromatic heterocycles. The Morgan fingerprint density at radius 1 is 1.59 bits per heavy atom. The highest BCUT2D eigenvalue weighted by molar-refractivity contribution is 14.1. The van der Waals surface area contributed by atoms with E-state index in [1.807, 2.05) is 0 Å². The summed E-state index contributed by atoms with van der Waals surface area (Å²) in [6, 6.07) is 0. The number of nitrogens with one attached hydrogen (secondary N) is 1. The van der Waals surface area contributed by atoms with Gasteiger partial charge in [0.1, 0.15) is 0 Å². The SMILES string of the molecule is Nc1nc2c(ncn2C[C@H]2O[C@@H](P(=O)(O)O)C[C@@H]2I)c(=O)[nH]1. The number of halogens is 1. The summed E-state index contributed by atoms with van der Waals surface area (Å²) in [6.45, 7) is 0.274. The molecule has 0 bridgehead atoms. The Hall–Kier alpha value is -1.01. The molecule has 12 heteroatoms. The van der Waals surface area contributed by atoms with Gasteiger partial charge < -0.3 is 24.8 Å². The normalized spacial score (nSPS) is 25.9. The number of fused-ring (bicyclic) bond motifs is 1. The molecule has 120 valence electrons.